The molecule has 1 aromatic carbocycles. The Morgan fingerprint density at radius 1 is 1.17 bits per heavy atom. The van der Waals surface area contributed by atoms with Crippen molar-refractivity contribution in [2.75, 3.05) is 18.1 Å². The van der Waals surface area contributed by atoms with Gasteiger partial charge >= 0.3 is 0 Å². The van der Waals surface area contributed by atoms with Gasteiger partial charge in [-0.25, -0.2) is 0 Å². The summed E-state index contributed by atoms with van der Waals surface area (Å²) >= 11 is 0. The Balaban J connectivity index is 1.80. The Morgan fingerprint density at radius 3 is 2.62 bits per heavy atom. The van der Waals surface area contributed by atoms with Gasteiger partial charge in [0.15, 0.2) is 0 Å². The van der Waals surface area contributed by atoms with Gasteiger partial charge in [0.25, 0.3) is 5.91 Å². The van der Waals surface area contributed by atoms with Crippen molar-refractivity contribution in [3.05, 3.63) is 30.3 Å². The first-order valence-corrected chi connectivity index (χ1v) is 8.56. The molecule has 2 N–H and O–H groups in total. The molecule has 2 atom stereocenters. The lowest BCUT2D eigenvalue weighted by Crippen LogP contribution is -2.40. The van der Waals surface area contributed by atoms with Crippen molar-refractivity contribution in [2.45, 2.75) is 38.6 Å². The lowest BCUT2D eigenvalue weighted by molar-refractivity contribution is -0.124. The Labute approximate surface area is 142 Å². The van der Waals surface area contributed by atoms with Crippen LogP contribution in [-0.4, -0.2) is 41.6 Å². The highest BCUT2D eigenvalue weighted by molar-refractivity contribution is 6.40. The summed E-state index contributed by atoms with van der Waals surface area (Å²) in [5, 5.41) is 6.02. The number of hydrogen-bond acceptors (Lipinski definition) is 4. The van der Waals surface area contributed by atoms with Gasteiger partial charge in [-0.2, -0.15) is 5.10 Å². The number of primary amides is 1. The molecular formula is C18H24N4O2. The zero-order valence-corrected chi connectivity index (χ0v) is 14.0. The largest absolute Gasteiger partial charge is 0.368 e. The molecule has 6 heteroatoms. The van der Waals surface area contributed by atoms with E-state index >= 15 is 0 Å². The van der Waals surface area contributed by atoms with E-state index in [1.807, 2.05) is 35.2 Å². The number of nitrogens with zero attached hydrogens (tertiary/aromatic N) is 3. The van der Waals surface area contributed by atoms with E-state index in [-0.39, 0.29) is 12.3 Å². The first kappa shape index (κ1) is 16.5. The maximum absolute atomic E-state index is 12.8. The number of amides is 2. The van der Waals surface area contributed by atoms with Gasteiger partial charge < -0.3 is 10.6 Å². The van der Waals surface area contributed by atoms with Crippen molar-refractivity contribution < 1.29 is 9.59 Å². The summed E-state index contributed by atoms with van der Waals surface area (Å²) in [5.74, 6) is 0.121. The van der Waals surface area contributed by atoms with Crippen molar-refractivity contribution in [3.63, 3.8) is 0 Å². The summed E-state index contributed by atoms with van der Waals surface area (Å²) in [7, 11) is 0. The zero-order valence-electron chi connectivity index (χ0n) is 14.0. The molecule has 2 aliphatic heterocycles. The number of carbonyl (C=O) groups excluding carboxylic acids is 2. The van der Waals surface area contributed by atoms with E-state index in [0.717, 1.165) is 38.0 Å². The fourth-order valence-corrected chi connectivity index (χ4v) is 3.33. The molecule has 0 bridgehead atoms. The second-order valence-electron chi connectivity index (χ2n) is 6.68. The fraction of sp³-hybridized carbons (Fsp3) is 0.500. The number of hydrazone groups is 1. The van der Waals surface area contributed by atoms with Crippen molar-refractivity contribution in [1.82, 2.24) is 4.90 Å². The van der Waals surface area contributed by atoms with Crippen LogP contribution >= 0.6 is 0 Å². The van der Waals surface area contributed by atoms with E-state index in [9.17, 15) is 9.59 Å². The molecule has 1 aromatic rings. The predicted molar refractivity (Wildman–Crippen MR) is 93.6 cm³/mol. The molecule has 1 saturated heterocycles. The molecule has 3 rings (SSSR count). The lowest BCUT2D eigenvalue weighted by Gasteiger charge is -2.20. The molecule has 0 spiro atoms. The number of anilines is 1. The van der Waals surface area contributed by atoms with Crippen LogP contribution in [0.4, 0.5) is 5.69 Å². The molecular weight excluding hydrogens is 304 g/mol. The second kappa shape index (κ2) is 7.03. The SMILES string of the molecule is CC1CCCN(C(=O)C2=NN(c3ccccc3)C(C(N)=O)C2)CC1. The number of carbonyl (C=O) groups is 2. The van der Waals surface area contributed by atoms with Gasteiger partial charge in [-0.15, -0.1) is 0 Å². The van der Waals surface area contributed by atoms with Crippen LogP contribution in [0.5, 0.6) is 0 Å². The number of nitrogens with two attached hydrogens (primary N) is 1. The third-order valence-electron chi connectivity index (χ3n) is 4.81. The second-order valence-corrected chi connectivity index (χ2v) is 6.68. The summed E-state index contributed by atoms with van der Waals surface area (Å²) in [6.07, 6.45) is 3.45. The van der Waals surface area contributed by atoms with Crippen LogP contribution in [0.25, 0.3) is 0 Å². The molecule has 0 radical (unpaired) electrons. The number of hydrogen-bond donors (Lipinski definition) is 1. The van der Waals surface area contributed by atoms with E-state index in [0.29, 0.717) is 11.6 Å². The normalized spacial score (nSPS) is 24.5. The molecule has 0 aromatic heterocycles. The van der Waals surface area contributed by atoms with E-state index in [4.69, 9.17) is 5.73 Å². The van der Waals surface area contributed by atoms with Crippen LogP contribution in [0, 0.1) is 5.92 Å². The van der Waals surface area contributed by atoms with Crippen molar-refractivity contribution in [2.24, 2.45) is 16.8 Å². The number of para-hydroxylation sites is 1. The molecule has 6 nitrogen and oxygen atoms in total. The maximum atomic E-state index is 12.8. The zero-order chi connectivity index (χ0) is 17.1. The van der Waals surface area contributed by atoms with Crippen LogP contribution in [-0.2, 0) is 9.59 Å². The van der Waals surface area contributed by atoms with E-state index < -0.39 is 11.9 Å². The van der Waals surface area contributed by atoms with Gasteiger partial charge in [-0.1, -0.05) is 25.1 Å². The molecule has 2 amide bonds. The van der Waals surface area contributed by atoms with E-state index in [1.54, 1.807) is 5.01 Å². The summed E-state index contributed by atoms with van der Waals surface area (Å²) in [5.41, 5.74) is 6.73. The minimum absolute atomic E-state index is 0.0613. The average molecular weight is 328 g/mol. The number of likely N-dealkylation sites (tertiary alicyclic amines) is 1. The molecule has 0 saturated carbocycles. The number of rotatable bonds is 3. The van der Waals surface area contributed by atoms with Crippen molar-refractivity contribution in [3.8, 4) is 0 Å². The fourth-order valence-electron chi connectivity index (χ4n) is 3.33. The lowest BCUT2D eigenvalue weighted by atomic mass is 10.0. The molecule has 2 unspecified atom stereocenters. The molecule has 2 heterocycles. The van der Waals surface area contributed by atoms with Crippen molar-refractivity contribution in [1.29, 1.82) is 0 Å². The average Bonchev–Trinajstić information content (AvgIpc) is 2.92. The maximum Gasteiger partial charge on any atom is 0.270 e. The van der Waals surface area contributed by atoms with E-state index in [2.05, 4.69) is 12.0 Å². The summed E-state index contributed by atoms with van der Waals surface area (Å²) in [6.45, 7) is 3.74. The summed E-state index contributed by atoms with van der Waals surface area (Å²) in [6, 6.07) is 8.77. The van der Waals surface area contributed by atoms with Gasteiger partial charge in [0.1, 0.15) is 11.8 Å². The van der Waals surface area contributed by atoms with Gasteiger partial charge in [0.05, 0.1) is 5.69 Å². The first-order chi connectivity index (χ1) is 11.6. The van der Waals surface area contributed by atoms with Crippen LogP contribution < -0.4 is 10.7 Å². The van der Waals surface area contributed by atoms with Gasteiger partial charge in [-0.3, -0.25) is 14.6 Å². The van der Waals surface area contributed by atoms with Gasteiger partial charge in [0, 0.05) is 19.5 Å². The molecule has 0 aliphatic carbocycles. The summed E-state index contributed by atoms with van der Waals surface area (Å²) in [4.78, 5) is 26.5. The summed E-state index contributed by atoms with van der Waals surface area (Å²) < 4.78 is 0. The minimum Gasteiger partial charge on any atom is -0.368 e. The predicted octanol–water partition coefficient (Wildman–Crippen LogP) is 1.76. The smallest absolute Gasteiger partial charge is 0.270 e. The topological polar surface area (TPSA) is 79.0 Å². The van der Waals surface area contributed by atoms with Crippen LogP contribution in [0.1, 0.15) is 32.6 Å². The molecule has 24 heavy (non-hydrogen) atoms. The van der Waals surface area contributed by atoms with Crippen molar-refractivity contribution >= 4 is 23.2 Å². The minimum atomic E-state index is -0.600. The molecule has 2 aliphatic rings. The Bertz CT molecular complexity index is 644. The van der Waals surface area contributed by atoms with Gasteiger partial charge in [-0.05, 0) is 37.3 Å². The highest BCUT2D eigenvalue weighted by Crippen LogP contribution is 2.25. The Morgan fingerprint density at radius 2 is 1.92 bits per heavy atom. The third-order valence-corrected chi connectivity index (χ3v) is 4.81. The highest BCUT2D eigenvalue weighted by atomic mass is 16.2. The first-order valence-electron chi connectivity index (χ1n) is 8.56. The molecule has 1 fully saturated rings. The number of benzene rings is 1. The van der Waals surface area contributed by atoms with E-state index in [1.165, 1.54) is 0 Å². The molecule has 128 valence electrons. The van der Waals surface area contributed by atoms with Gasteiger partial charge in [0.2, 0.25) is 5.91 Å². The third kappa shape index (κ3) is 3.42. The highest BCUT2D eigenvalue weighted by Gasteiger charge is 2.36. The Hall–Kier alpha value is -2.37. The Kier molecular flexibility index (Phi) is 4.83. The van der Waals surface area contributed by atoms with Crippen LogP contribution in [0.3, 0.4) is 0 Å². The monoisotopic (exact) mass is 328 g/mol. The van der Waals surface area contributed by atoms with Crippen LogP contribution in [0.2, 0.25) is 0 Å². The quantitative estimate of drug-likeness (QED) is 0.918. The standard InChI is InChI=1S/C18H24N4O2/c1-13-6-5-10-21(11-9-13)18(24)15-12-16(17(19)23)22(20-15)14-7-3-2-4-8-14/h2-4,7-8,13,16H,5-6,9-12H2,1H3,(H2,19,23). The van der Waals surface area contributed by atoms with Crippen LogP contribution in [0.15, 0.2) is 35.4 Å².